The van der Waals surface area contributed by atoms with E-state index in [1.165, 1.54) is 11.3 Å². The average Bonchev–Trinajstić information content (AvgIpc) is 1.80. The first-order valence-electron chi connectivity index (χ1n) is 3.25. The molecular formula is C8H13N. The van der Waals surface area contributed by atoms with Crippen LogP contribution in [-0.2, 0) is 0 Å². The summed E-state index contributed by atoms with van der Waals surface area (Å²) in [6.45, 7) is 5.37. The van der Waals surface area contributed by atoms with Gasteiger partial charge in [-0.2, -0.15) is 0 Å². The standard InChI is InChI=1S/C8H13N/c1-7-4-5-8(2)9(3)6-7/h4-5H,6H2,1-3H3. The van der Waals surface area contributed by atoms with Gasteiger partial charge in [-0.15, -0.1) is 0 Å². The molecule has 50 valence electrons. The largest absolute Gasteiger partial charge is 0.374 e. The quantitative estimate of drug-likeness (QED) is 0.474. The summed E-state index contributed by atoms with van der Waals surface area (Å²) < 4.78 is 0. The Balaban J connectivity index is 2.74. The minimum Gasteiger partial charge on any atom is -0.374 e. The van der Waals surface area contributed by atoms with Gasteiger partial charge in [-0.25, -0.2) is 0 Å². The number of allylic oxidation sites excluding steroid dienone is 3. The molecule has 0 unspecified atom stereocenters. The lowest BCUT2D eigenvalue weighted by atomic mass is 10.2. The normalized spacial score (nSPS) is 19.2. The van der Waals surface area contributed by atoms with Crippen LogP contribution in [0.5, 0.6) is 0 Å². The lowest BCUT2D eigenvalue weighted by Crippen LogP contribution is -2.20. The minimum atomic E-state index is 1.09. The third-order valence-corrected chi connectivity index (χ3v) is 1.70. The number of nitrogens with zero attached hydrogens (tertiary/aromatic N) is 1. The summed E-state index contributed by atoms with van der Waals surface area (Å²) in [6, 6.07) is 0. The van der Waals surface area contributed by atoms with Gasteiger partial charge < -0.3 is 4.90 Å². The van der Waals surface area contributed by atoms with Crippen LogP contribution in [0.25, 0.3) is 0 Å². The second kappa shape index (κ2) is 2.26. The van der Waals surface area contributed by atoms with Crippen molar-refractivity contribution in [3.63, 3.8) is 0 Å². The lowest BCUT2D eigenvalue weighted by molar-refractivity contribution is 0.448. The molecule has 1 aliphatic rings. The van der Waals surface area contributed by atoms with Crippen molar-refractivity contribution in [3.8, 4) is 0 Å². The van der Waals surface area contributed by atoms with Gasteiger partial charge in [-0.05, 0) is 19.9 Å². The summed E-state index contributed by atoms with van der Waals surface area (Å²) in [6.07, 6.45) is 4.33. The van der Waals surface area contributed by atoms with Crippen molar-refractivity contribution >= 4 is 0 Å². The Bertz CT molecular complexity index is 165. The first-order chi connectivity index (χ1) is 4.20. The van der Waals surface area contributed by atoms with Crippen LogP contribution in [-0.4, -0.2) is 18.5 Å². The second-order valence-electron chi connectivity index (χ2n) is 2.68. The van der Waals surface area contributed by atoms with Crippen LogP contribution in [0.2, 0.25) is 0 Å². The highest BCUT2D eigenvalue weighted by molar-refractivity contribution is 5.21. The molecule has 9 heavy (non-hydrogen) atoms. The molecule has 0 aliphatic carbocycles. The van der Waals surface area contributed by atoms with E-state index in [0.717, 1.165) is 6.54 Å². The van der Waals surface area contributed by atoms with Crippen molar-refractivity contribution in [3.05, 3.63) is 23.4 Å². The second-order valence-corrected chi connectivity index (χ2v) is 2.68. The summed E-state index contributed by atoms with van der Waals surface area (Å²) in [7, 11) is 2.11. The number of hydrogen-bond acceptors (Lipinski definition) is 1. The zero-order valence-electron chi connectivity index (χ0n) is 6.31. The van der Waals surface area contributed by atoms with Gasteiger partial charge in [0, 0.05) is 19.3 Å². The molecule has 0 fully saturated rings. The summed E-state index contributed by atoms with van der Waals surface area (Å²) >= 11 is 0. The molecule has 0 amide bonds. The zero-order valence-corrected chi connectivity index (χ0v) is 6.31. The van der Waals surface area contributed by atoms with Crippen LogP contribution >= 0.6 is 0 Å². The van der Waals surface area contributed by atoms with E-state index in [2.05, 4.69) is 37.9 Å². The maximum atomic E-state index is 2.25. The third kappa shape index (κ3) is 1.35. The van der Waals surface area contributed by atoms with E-state index < -0.39 is 0 Å². The zero-order chi connectivity index (χ0) is 6.85. The monoisotopic (exact) mass is 123 g/mol. The predicted octanol–water partition coefficient (Wildman–Crippen LogP) is 1.78. The summed E-state index contributed by atoms with van der Waals surface area (Å²) in [5.74, 6) is 0. The molecule has 1 aliphatic heterocycles. The highest BCUT2D eigenvalue weighted by atomic mass is 15.1. The SMILES string of the molecule is CC1=CC=C(C)N(C)C1. The van der Waals surface area contributed by atoms with E-state index in [-0.39, 0.29) is 0 Å². The van der Waals surface area contributed by atoms with Gasteiger partial charge in [-0.1, -0.05) is 11.6 Å². The number of rotatable bonds is 0. The fourth-order valence-electron chi connectivity index (χ4n) is 0.942. The fraction of sp³-hybridized carbons (Fsp3) is 0.500. The van der Waals surface area contributed by atoms with E-state index in [0.29, 0.717) is 0 Å². The third-order valence-electron chi connectivity index (χ3n) is 1.70. The van der Waals surface area contributed by atoms with Crippen LogP contribution in [0.1, 0.15) is 13.8 Å². The molecule has 1 nitrogen and oxygen atoms in total. The van der Waals surface area contributed by atoms with Gasteiger partial charge in [0.25, 0.3) is 0 Å². The van der Waals surface area contributed by atoms with E-state index in [9.17, 15) is 0 Å². The Morgan fingerprint density at radius 1 is 1.33 bits per heavy atom. The Morgan fingerprint density at radius 3 is 2.44 bits per heavy atom. The Labute approximate surface area is 56.7 Å². The molecule has 0 spiro atoms. The van der Waals surface area contributed by atoms with E-state index in [1.807, 2.05) is 0 Å². The summed E-state index contributed by atoms with van der Waals surface area (Å²) in [4.78, 5) is 2.25. The van der Waals surface area contributed by atoms with Crippen LogP contribution in [0.3, 0.4) is 0 Å². The van der Waals surface area contributed by atoms with Gasteiger partial charge in [0.1, 0.15) is 0 Å². The number of likely N-dealkylation sites (N-methyl/N-ethyl adjacent to an activating group) is 1. The van der Waals surface area contributed by atoms with Crippen molar-refractivity contribution in [1.82, 2.24) is 4.90 Å². The Hall–Kier alpha value is -0.720. The molecule has 1 heteroatoms. The topological polar surface area (TPSA) is 3.24 Å². The summed E-state index contributed by atoms with van der Waals surface area (Å²) in [5, 5.41) is 0. The van der Waals surface area contributed by atoms with E-state index in [1.54, 1.807) is 0 Å². The molecule has 0 aromatic rings. The molecular weight excluding hydrogens is 110 g/mol. The highest BCUT2D eigenvalue weighted by Crippen LogP contribution is 2.10. The lowest BCUT2D eigenvalue weighted by Gasteiger charge is -2.22. The van der Waals surface area contributed by atoms with Crippen LogP contribution in [0.15, 0.2) is 23.4 Å². The maximum Gasteiger partial charge on any atom is 0.0383 e. The Morgan fingerprint density at radius 2 is 2.00 bits per heavy atom. The molecule has 1 heterocycles. The van der Waals surface area contributed by atoms with Crippen LogP contribution < -0.4 is 0 Å². The summed E-state index contributed by atoms with van der Waals surface area (Å²) in [5.41, 5.74) is 2.78. The molecule has 0 N–H and O–H groups in total. The van der Waals surface area contributed by atoms with Gasteiger partial charge in [0.2, 0.25) is 0 Å². The molecule has 0 radical (unpaired) electrons. The fourth-order valence-corrected chi connectivity index (χ4v) is 0.942. The van der Waals surface area contributed by atoms with Crippen molar-refractivity contribution in [2.45, 2.75) is 13.8 Å². The predicted molar refractivity (Wildman–Crippen MR) is 40.1 cm³/mol. The molecule has 0 bridgehead atoms. The van der Waals surface area contributed by atoms with Crippen LogP contribution in [0, 0.1) is 0 Å². The minimum absolute atomic E-state index is 1.09. The van der Waals surface area contributed by atoms with Crippen molar-refractivity contribution < 1.29 is 0 Å². The first-order valence-corrected chi connectivity index (χ1v) is 3.25. The molecule has 0 aromatic heterocycles. The average molecular weight is 123 g/mol. The highest BCUT2D eigenvalue weighted by Gasteiger charge is 2.02. The number of hydrogen-bond donors (Lipinski definition) is 0. The first kappa shape index (κ1) is 6.40. The van der Waals surface area contributed by atoms with Crippen molar-refractivity contribution in [1.29, 1.82) is 0 Å². The smallest absolute Gasteiger partial charge is 0.0383 e. The van der Waals surface area contributed by atoms with Crippen molar-refractivity contribution in [2.75, 3.05) is 13.6 Å². The maximum absolute atomic E-state index is 2.25. The van der Waals surface area contributed by atoms with E-state index >= 15 is 0 Å². The Kier molecular flexibility index (Phi) is 1.60. The molecule has 0 atom stereocenters. The molecule has 0 saturated heterocycles. The molecule has 0 aromatic carbocycles. The van der Waals surface area contributed by atoms with Gasteiger partial charge in [0.05, 0.1) is 0 Å². The molecule has 0 saturated carbocycles. The van der Waals surface area contributed by atoms with Gasteiger partial charge in [0.15, 0.2) is 0 Å². The van der Waals surface area contributed by atoms with Gasteiger partial charge >= 0.3 is 0 Å². The van der Waals surface area contributed by atoms with E-state index in [4.69, 9.17) is 0 Å². The van der Waals surface area contributed by atoms with Gasteiger partial charge in [-0.3, -0.25) is 0 Å². The van der Waals surface area contributed by atoms with Crippen molar-refractivity contribution in [2.24, 2.45) is 0 Å². The van der Waals surface area contributed by atoms with Crippen LogP contribution in [0.4, 0.5) is 0 Å². The molecule has 1 rings (SSSR count).